The maximum Gasteiger partial charge on any atom is 0.302 e. The summed E-state index contributed by atoms with van der Waals surface area (Å²) in [5.74, 6) is -1.28. The minimum atomic E-state index is -4.48. The quantitative estimate of drug-likeness (QED) is 0.479. The van der Waals surface area contributed by atoms with E-state index in [9.17, 15) is 24.6 Å². The minimum Gasteiger partial charge on any atom is -0.274 e. The van der Waals surface area contributed by atoms with E-state index >= 15 is 0 Å². The Hall–Kier alpha value is -0.900. The Kier molecular flexibility index (Phi) is 7.04. The first-order valence-corrected chi connectivity index (χ1v) is 7.62. The summed E-state index contributed by atoms with van der Waals surface area (Å²) >= 11 is 0. The van der Waals surface area contributed by atoms with Gasteiger partial charge in [-0.2, -0.15) is 16.8 Å². The average molecular weight is 290 g/mol. The van der Waals surface area contributed by atoms with Crippen molar-refractivity contribution in [1.29, 1.82) is 0 Å². The Morgan fingerprint density at radius 2 is 1.18 bits per heavy atom. The predicted molar refractivity (Wildman–Crippen MR) is 60.9 cm³/mol. The van der Waals surface area contributed by atoms with Crippen molar-refractivity contribution in [3.63, 3.8) is 0 Å². The van der Waals surface area contributed by atoms with Crippen LogP contribution in [0, 0.1) is 0 Å². The van der Waals surface area contributed by atoms with Gasteiger partial charge < -0.3 is 0 Å². The Labute approximate surface area is 98.9 Å². The summed E-state index contributed by atoms with van der Waals surface area (Å²) in [7, 11) is -8.96. The van der Waals surface area contributed by atoms with Crippen molar-refractivity contribution in [1.82, 2.24) is 0 Å². The van der Waals surface area contributed by atoms with Gasteiger partial charge in [0.2, 0.25) is 0 Å². The highest BCUT2D eigenvalue weighted by Gasteiger charge is 2.04. The van der Waals surface area contributed by atoms with Crippen molar-refractivity contribution in [2.24, 2.45) is 9.98 Å². The summed E-state index contributed by atoms with van der Waals surface area (Å²) in [5.41, 5.74) is 0. The predicted octanol–water partition coefficient (Wildman–Crippen LogP) is 0.464. The molecule has 0 aliphatic carbocycles. The molecule has 0 aromatic rings. The smallest absolute Gasteiger partial charge is 0.274 e. The van der Waals surface area contributed by atoms with Gasteiger partial charge in [0.1, 0.15) is 6.67 Å². The van der Waals surface area contributed by atoms with Crippen molar-refractivity contribution in [2.75, 3.05) is 18.2 Å². The van der Waals surface area contributed by atoms with E-state index in [0.717, 1.165) is 0 Å². The van der Waals surface area contributed by atoms with Gasteiger partial charge in [0.25, 0.3) is 0 Å². The summed E-state index contributed by atoms with van der Waals surface area (Å²) in [5, 5.41) is 0. The van der Waals surface area contributed by atoms with Crippen molar-refractivity contribution < 1.29 is 24.6 Å². The number of aliphatic imine (C=N–C) groups is 2. The van der Waals surface area contributed by atoms with Gasteiger partial charge in [-0.1, -0.05) is 0 Å². The molecule has 0 bridgehead atoms. The standard InChI is InChI=1S/C7H12F2N2O4S2/c8-16(12,13)5-1-3-10-7-11-4-2-6-17(9,14)15/h3-4H,1-2,5-7H2. The number of nitrogens with zero attached hydrogens (tertiary/aromatic N) is 2. The molecule has 0 aromatic heterocycles. The third-order valence-electron chi connectivity index (χ3n) is 1.40. The molecule has 0 saturated carbocycles. The van der Waals surface area contributed by atoms with Crippen LogP contribution < -0.4 is 0 Å². The van der Waals surface area contributed by atoms with Crippen molar-refractivity contribution in [2.45, 2.75) is 12.8 Å². The molecule has 0 spiro atoms. The lowest BCUT2D eigenvalue weighted by molar-refractivity contribution is 0.550. The van der Waals surface area contributed by atoms with Gasteiger partial charge in [-0.05, 0) is 12.8 Å². The topological polar surface area (TPSA) is 93.0 Å². The SMILES string of the molecule is O=S(=O)(F)CCC=NCN=CCCS(=O)(=O)F. The van der Waals surface area contributed by atoms with Gasteiger partial charge in [0.15, 0.2) is 0 Å². The van der Waals surface area contributed by atoms with E-state index in [1.54, 1.807) is 0 Å². The molecule has 0 N–H and O–H groups in total. The fraction of sp³-hybridized carbons (Fsp3) is 0.714. The first-order chi connectivity index (χ1) is 7.71. The normalized spacial score (nSPS) is 13.8. The molecule has 0 fully saturated rings. The number of halogens is 2. The monoisotopic (exact) mass is 290 g/mol. The summed E-state index contributed by atoms with van der Waals surface area (Å²) in [6, 6.07) is 0. The molecule has 10 heteroatoms. The zero-order valence-corrected chi connectivity index (χ0v) is 10.4. The second-order valence-electron chi connectivity index (χ2n) is 2.93. The van der Waals surface area contributed by atoms with Gasteiger partial charge >= 0.3 is 20.4 Å². The van der Waals surface area contributed by atoms with Gasteiger partial charge in [0.05, 0.1) is 11.5 Å². The van der Waals surface area contributed by atoms with Crippen LogP contribution in [0.3, 0.4) is 0 Å². The molecular formula is C7H12F2N2O4S2. The van der Waals surface area contributed by atoms with Crippen LogP contribution in [-0.4, -0.2) is 47.4 Å². The average Bonchev–Trinajstić information content (AvgIpc) is 2.11. The lowest BCUT2D eigenvalue weighted by Gasteiger charge is -1.89. The van der Waals surface area contributed by atoms with E-state index in [0.29, 0.717) is 0 Å². The van der Waals surface area contributed by atoms with Crippen molar-refractivity contribution in [3.05, 3.63) is 0 Å². The van der Waals surface area contributed by atoms with Crippen LogP contribution in [-0.2, 0) is 20.4 Å². The van der Waals surface area contributed by atoms with Crippen LogP contribution in [0.25, 0.3) is 0 Å². The van der Waals surface area contributed by atoms with Crippen LogP contribution in [0.1, 0.15) is 12.8 Å². The fourth-order valence-corrected chi connectivity index (χ4v) is 1.51. The lowest BCUT2D eigenvalue weighted by Crippen LogP contribution is -1.99. The second kappa shape index (κ2) is 7.43. The highest BCUT2D eigenvalue weighted by atomic mass is 32.3. The highest BCUT2D eigenvalue weighted by molar-refractivity contribution is 7.86. The van der Waals surface area contributed by atoms with E-state index in [4.69, 9.17) is 0 Å². The van der Waals surface area contributed by atoms with Crippen LogP contribution in [0.5, 0.6) is 0 Å². The number of hydrogen-bond donors (Lipinski definition) is 0. The molecule has 0 unspecified atom stereocenters. The summed E-state index contributed by atoms with van der Waals surface area (Å²) < 4.78 is 64.1. The first-order valence-electron chi connectivity index (χ1n) is 4.52. The molecule has 0 aliphatic rings. The van der Waals surface area contributed by atoms with Gasteiger partial charge in [-0.25, -0.2) is 0 Å². The molecule has 0 radical (unpaired) electrons. The Morgan fingerprint density at radius 1 is 0.824 bits per heavy atom. The van der Waals surface area contributed by atoms with Crippen LogP contribution in [0.15, 0.2) is 9.98 Å². The first kappa shape index (κ1) is 16.1. The summed E-state index contributed by atoms with van der Waals surface area (Å²) in [6.07, 6.45) is 2.27. The Balaban J connectivity index is 3.64. The van der Waals surface area contributed by atoms with Crippen LogP contribution >= 0.6 is 0 Å². The second-order valence-corrected chi connectivity index (χ2v) is 5.91. The lowest BCUT2D eigenvalue weighted by atomic mass is 10.5. The number of rotatable bonds is 8. The molecule has 0 aromatic carbocycles. The molecule has 0 heterocycles. The zero-order chi connectivity index (χ0) is 13.4. The third kappa shape index (κ3) is 15.1. The molecule has 17 heavy (non-hydrogen) atoms. The van der Waals surface area contributed by atoms with E-state index in [1.165, 1.54) is 12.4 Å². The van der Waals surface area contributed by atoms with Crippen LogP contribution in [0.4, 0.5) is 7.77 Å². The van der Waals surface area contributed by atoms with E-state index in [-0.39, 0.29) is 19.5 Å². The van der Waals surface area contributed by atoms with E-state index < -0.39 is 32.0 Å². The zero-order valence-electron chi connectivity index (χ0n) is 8.79. The third-order valence-corrected chi connectivity index (χ3v) is 2.85. The maximum atomic E-state index is 12.0. The number of hydrogen-bond acceptors (Lipinski definition) is 6. The van der Waals surface area contributed by atoms with Gasteiger partial charge in [-0.3, -0.25) is 9.98 Å². The van der Waals surface area contributed by atoms with Gasteiger partial charge in [-0.15, -0.1) is 7.77 Å². The molecule has 0 saturated heterocycles. The van der Waals surface area contributed by atoms with Crippen LogP contribution in [0.2, 0.25) is 0 Å². The van der Waals surface area contributed by atoms with E-state index in [2.05, 4.69) is 9.98 Å². The Bertz CT molecular complexity index is 426. The van der Waals surface area contributed by atoms with Gasteiger partial charge in [0, 0.05) is 12.4 Å². The molecule has 0 rings (SSSR count). The molecule has 0 aliphatic heterocycles. The summed E-state index contributed by atoms with van der Waals surface area (Å²) in [4.78, 5) is 7.22. The van der Waals surface area contributed by atoms with Crippen molar-refractivity contribution >= 4 is 32.9 Å². The molecule has 100 valence electrons. The summed E-state index contributed by atoms with van der Waals surface area (Å²) in [6.45, 7) is -0.0430. The highest BCUT2D eigenvalue weighted by Crippen LogP contribution is 1.93. The maximum absolute atomic E-state index is 12.0. The van der Waals surface area contributed by atoms with Crippen molar-refractivity contribution in [3.8, 4) is 0 Å². The molecular weight excluding hydrogens is 278 g/mol. The van der Waals surface area contributed by atoms with E-state index in [1.807, 2.05) is 0 Å². The molecule has 0 amide bonds. The minimum absolute atomic E-state index is 0.0430. The molecule has 6 nitrogen and oxygen atoms in total. The Morgan fingerprint density at radius 3 is 1.47 bits per heavy atom. The fourth-order valence-electron chi connectivity index (χ4n) is 0.732. The largest absolute Gasteiger partial charge is 0.302 e. The molecule has 0 atom stereocenters.